The molecular weight excluding hydrogens is 177 g/mol. The molecule has 0 radical (unpaired) electrons. The SMILES string of the molecule is C=C(C)CC(N)c1cc(C)ccc1F. The summed E-state index contributed by atoms with van der Waals surface area (Å²) in [5.74, 6) is -0.232. The summed E-state index contributed by atoms with van der Waals surface area (Å²) in [6.45, 7) is 7.59. The van der Waals surface area contributed by atoms with Gasteiger partial charge >= 0.3 is 0 Å². The van der Waals surface area contributed by atoms with Crippen molar-refractivity contribution in [1.29, 1.82) is 0 Å². The predicted octanol–water partition coefficient (Wildman–Crippen LogP) is 3.10. The monoisotopic (exact) mass is 193 g/mol. The van der Waals surface area contributed by atoms with E-state index in [1.165, 1.54) is 6.07 Å². The Morgan fingerprint density at radius 1 is 1.57 bits per heavy atom. The molecule has 0 fully saturated rings. The van der Waals surface area contributed by atoms with Crippen LogP contribution in [-0.4, -0.2) is 0 Å². The number of benzene rings is 1. The molecule has 0 saturated carbocycles. The van der Waals surface area contributed by atoms with Gasteiger partial charge in [0.25, 0.3) is 0 Å². The lowest BCUT2D eigenvalue weighted by molar-refractivity contribution is 0.579. The third-order valence-electron chi connectivity index (χ3n) is 2.12. The Kier molecular flexibility index (Phi) is 3.42. The van der Waals surface area contributed by atoms with E-state index in [2.05, 4.69) is 6.58 Å². The van der Waals surface area contributed by atoms with E-state index >= 15 is 0 Å². The summed E-state index contributed by atoms with van der Waals surface area (Å²) in [6, 6.07) is 4.71. The largest absolute Gasteiger partial charge is 0.324 e. The molecule has 0 bridgehead atoms. The van der Waals surface area contributed by atoms with Gasteiger partial charge in [-0.15, -0.1) is 6.58 Å². The van der Waals surface area contributed by atoms with Crippen LogP contribution >= 0.6 is 0 Å². The Labute approximate surface area is 84.4 Å². The van der Waals surface area contributed by atoms with Gasteiger partial charge in [0.2, 0.25) is 0 Å². The Bertz CT molecular complexity index is 344. The molecule has 76 valence electrons. The minimum absolute atomic E-state index is 0.232. The van der Waals surface area contributed by atoms with Crippen LogP contribution in [0.25, 0.3) is 0 Å². The van der Waals surface area contributed by atoms with E-state index in [1.807, 2.05) is 13.8 Å². The molecule has 0 saturated heterocycles. The Balaban J connectivity index is 2.93. The summed E-state index contributed by atoms with van der Waals surface area (Å²) in [6.07, 6.45) is 0.625. The van der Waals surface area contributed by atoms with Gasteiger partial charge in [-0.05, 0) is 26.3 Å². The molecule has 1 nitrogen and oxygen atoms in total. The maximum absolute atomic E-state index is 13.4. The minimum atomic E-state index is -0.285. The molecule has 2 heteroatoms. The van der Waals surface area contributed by atoms with Crippen LogP contribution in [0.5, 0.6) is 0 Å². The van der Waals surface area contributed by atoms with Crippen molar-refractivity contribution >= 4 is 0 Å². The fourth-order valence-electron chi connectivity index (χ4n) is 1.43. The van der Waals surface area contributed by atoms with Crippen LogP contribution in [0.2, 0.25) is 0 Å². The number of nitrogens with two attached hydrogens (primary N) is 1. The highest BCUT2D eigenvalue weighted by atomic mass is 19.1. The van der Waals surface area contributed by atoms with E-state index in [1.54, 1.807) is 12.1 Å². The molecule has 0 aliphatic rings. The highest BCUT2D eigenvalue weighted by Gasteiger charge is 2.11. The second-order valence-electron chi connectivity index (χ2n) is 3.79. The lowest BCUT2D eigenvalue weighted by Crippen LogP contribution is -2.12. The first-order valence-corrected chi connectivity index (χ1v) is 4.66. The molecule has 1 unspecified atom stereocenters. The first-order valence-electron chi connectivity index (χ1n) is 4.66. The van der Waals surface area contributed by atoms with Crippen LogP contribution in [0.4, 0.5) is 4.39 Å². The van der Waals surface area contributed by atoms with Gasteiger partial charge in [-0.25, -0.2) is 4.39 Å². The van der Waals surface area contributed by atoms with Crippen molar-refractivity contribution in [2.24, 2.45) is 5.73 Å². The second-order valence-corrected chi connectivity index (χ2v) is 3.79. The molecule has 0 spiro atoms. The van der Waals surface area contributed by atoms with Gasteiger partial charge in [-0.2, -0.15) is 0 Å². The summed E-state index contributed by atoms with van der Waals surface area (Å²) < 4.78 is 13.4. The number of aryl methyl sites for hydroxylation is 1. The maximum atomic E-state index is 13.4. The molecule has 0 aromatic heterocycles. The lowest BCUT2D eigenvalue weighted by atomic mass is 9.99. The molecule has 1 aromatic carbocycles. The van der Waals surface area contributed by atoms with Crippen molar-refractivity contribution in [3.8, 4) is 0 Å². The van der Waals surface area contributed by atoms with Gasteiger partial charge in [0, 0.05) is 11.6 Å². The zero-order valence-corrected chi connectivity index (χ0v) is 8.68. The third kappa shape index (κ3) is 2.67. The first kappa shape index (κ1) is 10.9. The summed E-state index contributed by atoms with van der Waals surface area (Å²) in [7, 11) is 0. The fraction of sp³-hybridized carbons (Fsp3) is 0.333. The molecule has 14 heavy (non-hydrogen) atoms. The van der Waals surface area contributed by atoms with Gasteiger partial charge in [0.15, 0.2) is 0 Å². The average Bonchev–Trinajstić information content (AvgIpc) is 2.08. The van der Waals surface area contributed by atoms with E-state index in [-0.39, 0.29) is 11.9 Å². The number of halogens is 1. The van der Waals surface area contributed by atoms with Crippen LogP contribution < -0.4 is 5.73 Å². The summed E-state index contributed by atoms with van der Waals surface area (Å²) >= 11 is 0. The molecule has 0 aliphatic heterocycles. The van der Waals surface area contributed by atoms with Crippen molar-refractivity contribution in [2.75, 3.05) is 0 Å². The zero-order valence-electron chi connectivity index (χ0n) is 8.68. The average molecular weight is 193 g/mol. The molecule has 2 N–H and O–H groups in total. The highest BCUT2D eigenvalue weighted by molar-refractivity contribution is 5.27. The summed E-state index contributed by atoms with van der Waals surface area (Å²) in [5.41, 5.74) is 8.44. The quantitative estimate of drug-likeness (QED) is 0.733. The first-order chi connectivity index (χ1) is 6.50. The molecule has 1 atom stereocenters. The molecule has 0 aliphatic carbocycles. The minimum Gasteiger partial charge on any atom is -0.324 e. The lowest BCUT2D eigenvalue weighted by Gasteiger charge is -2.13. The van der Waals surface area contributed by atoms with Crippen molar-refractivity contribution in [3.63, 3.8) is 0 Å². The number of rotatable bonds is 3. The number of hydrogen-bond donors (Lipinski definition) is 1. The van der Waals surface area contributed by atoms with Gasteiger partial charge in [-0.1, -0.05) is 23.3 Å². The zero-order chi connectivity index (χ0) is 10.7. The maximum Gasteiger partial charge on any atom is 0.128 e. The van der Waals surface area contributed by atoms with Crippen molar-refractivity contribution in [3.05, 3.63) is 47.3 Å². The third-order valence-corrected chi connectivity index (χ3v) is 2.12. The van der Waals surface area contributed by atoms with E-state index in [4.69, 9.17) is 5.73 Å². The van der Waals surface area contributed by atoms with Gasteiger partial charge < -0.3 is 5.73 Å². The normalized spacial score (nSPS) is 12.6. The topological polar surface area (TPSA) is 26.0 Å². The van der Waals surface area contributed by atoms with Crippen molar-refractivity contribution in [2.45, 2.75) is 26.3 Å². The van der Waals surface area contributed by atoms with Crippen LogP contribution in [0, 0.1) is 12.7 Å². The van der Waals surface area contributed by atoms with Crippen molar-refractivity contribution in [1.82, 2.24) is 0 Å². The van der Waals surface area contributed by atoms with Crippen molar-refractivity contribution < 1.29 is 4.39 Å². The number of hydrogen-bond acceptors (Lipinski definition) is 1. The smallest absolute Gasteiger partial charge is 0.128 e. The van der Waals surface area contributed by atoms with Crippen LogP contribution in [0.1, 0.15) is 30.5 Å². The van der Waals surface area contributed by atoms with Gasteiger partial charge in [0.05, 0.1) is 0 Å². The molecular formula is C12H16FN. The van der Waals surface area contributed by atoms with E-state index in [0.717, 1.165) is 11.1 Å². The highest BCUT2D eigenvalue weighted by Crippen LogP contribution is 2.21. The van der Waals surface area contributed by atoms with Gasteiger partial charge in [0.1, 0.15) is 5.82 Å². The van der Waals surface area contributed by atoms with E-state index in [9.17, 15) is 4.39 Å². The molecule has 0 amide bonds. The summed E-state index contributed by atoms with van der Waals surface area (Å²) in [4.78, 5) is 0. The standard InChI is InChI=1S/C12H16FN/c1-8(2)6-12(14)10-7-9(3)4-5-11(10)13/h4-5,7,12H,1,6,14H2,2-3H3. The molecule has 1 aromatic rings. The Hall–Kier alpha value is -1.15. The summed E-state index contributed by atoms with van der Waals surface area (Å²) in [5, 5.41) is 0. The van der Waals surface area contributed by atoms with Crippen LogP contribution in [0.3, 0.4) is 0 Å². The Morgan fingerprint density at radius 3 is 2.79 bits per heavy atom. The fourth-order valence-corrected chi connectivity index (χ4v) is 1.43. The second kappa shape index (κ2) is 4.38. The molecule has 0 heterocycles. The van der Waals surface area contributed by atoms with Gasteiger partial charge in [-0.3, -0.25) is 0 Å². The van der Waals surface area contributed by atoms with E-state index in [0.29, 0.717) is 12.0 Å². The van der Waals surface area contributed by atoms with Crippen LogP contribution in [-0.2, 0) is 0 Å². The predicted molar refractivity (Wildman–Crippen MR) is 57.5 cm³/mol. The van der Waals surface area contributed by atoms with Crippen LogP contribution in [0.15, 0.2) is 30.4 Å². The molecule has 1 rings (SSSR count). The van der Waals surface area contributed by atoms with E-state index < -0.39 is 0 Å². The Morgan fingerprint density at radius 2 is 2.21 bits per heavy atom.